The van der Waals surface area contributed by atoms with E-state index in [-0.39, 0.29) is 17.5 Å². The summed E-state index contributed by atoms with van der Waals surface area (Å²) < 4.78 is 31.7. The third-order valence-corrected chi connectivity index (χ3v) is 4.07. The van der Waals surface area contributed by atoms with Gasteiger partial charge in [-0.25, -0.2) is 23.1 Å². The van der Waals surface area contributed by atoms with E-state index in [0.717, 1.165) is 12.8 Å². The number of sulfonamides is 1. The van der Waals surface area contributed by atoms with E-state index in [0.29, 0.717) is 12.6 Å². The Kier molecular flexibility index (Phi) is 4.10. The number of nitrogens with zero attached hydrogens (tertiary/aromatic N) is 2. The van der Waals surface area contributed by atoms with Crippen molar-refractivity contribution in [3.05, 3.63) is 12.4 Å². The van der Waals surface area contributed by atoms with E-state index < -0.39 is 10.0 Å². The first kappa shape index (κ1) is 13.2. The molecule has 1 fully saturated rings. The highest BCUT2D eigenvalue weighted by molar-refractivity contribution is 7.89. The van der Waals surface area contributed by atoms with Crippen LogP contribution in [-0.2, 0) is 14.8 Å². The molecular formula is C10H16N4O3S. The van der Waals surface area contributed by atoms with Gasteiger partial charge in [0.15, 0.2) is 0 Å². The van der Waals surface area contributed by atoms with Gasteiger partial charge in [-0.1, -0.05) is 0 Å². The first-order chi connectivity index (χ1) is 8.62. The molecule has 1 aliphatic rings. The van der Waals surface area contributed by atoms with Crippen molar-refractivity contribution in [3.8, 4) is 0 Å². The molecule has 0 aromatic carbocycles. The van der Waals surface area contributed by atoms with E-state index in [1.165, 1.54) is 12.4 Å². The van der Waals surface area contributed by atoms with Gasteiger partial charge in [-0.15, -0.1) is 0 Å². The van der Waals surface area contributed by atoms with Crippen LogP contribution in [0, 0.1) is 0 Å². The summed E-state index contributed by atoms with van der Waals surface area (Å²) >= 11 is 0. The van der Waals surface area contributed by atoms with E-state index in [1.54, 1.807) is 7.05 Å². The van der Waals surface area contributed by atoms with Crippen LogP contribution in [0.1, 0.15) is 12.8 Å². The maximum atomic E-state index is 11.9. The number of hydrogen-bond acceptors (Lipinski definition) is 6. The smallest absolute Gasteiger partial charge is 0.243 e. The molecule has 18 heavy (non-hydrogen) atoms. The Balaban J connectivity index is 2.00. The Labute approximate surface area is 106 Å². The summed E-state index contributed by atoms with van der Waals surface area (Å²) in [6, 6.07) is 0. The highest BCUT2D eigenvalue weighted by Crippen LogP contribution is 2.12. The lowest BCUT2D eigenvalue weighted by Gasteiger charge is -2.11. The first-order valence-electron chi connectivity index (χ1n) is 5.73. The Morgan fingerprint density at radius 3 is 2.72 bits per heavy atom. The molecule has 2 rings (SSSR count). The molecule has 1 atom stereocenters. The van der Waals surface area contributed by atoms with Gasteiger partial charge in [0.25, 0.3) is 0 Å². The lowest BCUT2D eigenvalue weighted by atomic mass is 10.2. The number of aromatic nitrogens is 2. The van der Waals surface area contributed by atoms with Crippen molar-refractivity contribution in [2.75, 3.05) is 25.5 Å². The molecule has 0 bridgehead atoms. The largest absolute Gasteiger partial charge is 0.377 e. The molecule has 0 saturated carbocycles. The van der Waals surface area contributed by atoms with Gasteiger partial charge >= 0.3 is 0 Å². The molecule has 0 spiro atoms. The summed E-state index contributed by atoms with van der Waals surface area (Å²) in [6.07, 6.45) is 4.38. The van der Waals surface area contributed by atoms with Gasteiger partial charge in [-0.3, -0.25) is 0 Å². The molecular weight excluding hydrogens is 256 g/mol. The first-order valence-corrected chi connectivity index (χ1v) is 7.21. The molecule has 1 aliphatic heterocycles. The number of hydrogen-bond donors (Lipinski definition) is 2. The maximum Gasteiger partial charge on any atom is 0.243 e. The van der Waals surface area contributed by atoms with Crippen molar-refractivity contribution < 1.29 is 13.2 Å². The van der Waals surface area contributed by atoms with Crippen LogP contribution in [0.15, 0.2) is 17.3 Å². The fraction of sp³-hybridized carbons (Fsp3) is 0.600. The third kappa shape index (κ3) is 3.15. The van der Waals surface area contributed by atoms with E-state index in [1.807, 2.05) is 0 Å². The summed E-state index contributed by atoms with van der Waals surface area (Å²) in [4.78, 5) is 7.80. The van der Waals surface area contributed by atoms with Crippen LogP contribution in [-0.4, -0.2) is 44.7 Å². The van der Waals surface area contributed by atoms with E-state index >= 15 is 0 Å². The van der Waals surface area contributed by atoms with Crippen molar-refractivity contribution >= 4 is 16.0 Å². The van der Waals surface area contributed by atoms with Crippen LogP contribution < -0.4 is 10.0 Å². The molecule has 1 aromatic heterocycles. The Bertz CT molecular complexity index is 482. The zero-order valence-electron chi connectivity index (χ0n) is 10.1. The summed E-state index contributed by atoms with van der Waals surface area (Å²) in [7, 11) is -1.89. The number of rotatable bonds is 5. The van der Waals surface area contributed by atoms with Crippen LogP contribution in [0.2, 0.25) is 0 Å². The van der Waals surface area contributed by atoms with Gasteiger partial charge in [0, 0.05) is 20.2 Å². The highest BCUT2D eigenvalue weighted by atomic mass is 32.2. The zero-order chi connectivity index (χ0) is 13.0. The van der Waals surface area contributed by atoms with Crippen molar-refractivity contribution in [1.29, 1.82) is 0 Å². The van der Waals surface area contributed by atoms with Crippen LogP contribution in [0.4, 0.5) is 5.95 Å². The third-order valence-electron chi connectivity index (χ3n) is 2.69. The second-order valence-electron chi connectivity index (χ2n) is 3.98. The predicted octanol–water partition coefficient (Wildman–Crippen LogP) is -0.0244. The van der Waals surface area contributed by atoms with Crippen molar-refractivity contribution in [2.45, 2.75) is 23.8 Å². The molecule has 0 radical (unpaired) electrons. The topological polar surface area (TPSA) is 93.2 Å². The maximum absolute atomic E-state index is 11.9. The molecule has 100 valence electrons. The van der Waals surface area contributed by atoms with E-state index in [9.17, 15) is 8.42 Å². The summed E-state index contributed by atoms with van der Waals surface area (Å²) in [6.45, 7) is 0.989. The lowest BCUT2D eigenvalue weighted by molar-refractivity contribution is 0.114. The average Bonchev–Trinajstić information content (AvgIpc) is 2.90. The summed E-state index contributed by atoms with van der Waals surface area (Å²) in [5.74, 6) is 0.382. The SMILES string of the molecule is CNc1ncc(S(=O)(=O)NCC2CCCO2)cn1. The number of nitrogens with one attached hydrogen (secondary N) is 2. The van der Waals surface area contributed by atoms with Gasteiger partial charge in [-0.2, -0.15) is 0 Å². The monoisotopic (exact) mass is 272 g/mol. The predicted molar refractivity (Wildman–Crippen MR) is 65.7 cm³/mol. The van der Waals surface area contributed by atoms with Gasteiger partial charge in [0.2, 0.25) is 16.0 Å². The lowest BCUT2D eigenvalue weighted by Crippen LogP contribution is -2.32. The molecule has 7 nitrogen and oxygen atoms in total. The Morgan fingerprint density at radius 1 is 1.44 bits per heavy atom. The Hall–Kier alpha value is -1.25. The molecule has 0 amide bonds. The second-order valence-corrected chi connectivity index (χ2v) is 5.75. The Morgan fingerprint density at radius 2 is 2.17 bits per heavy atom. The standard InChI is InChI=1S/C10H16N4O3S/c1-11-10-12-6-9(7-13-10)18(15,16)14-5-8-3-2-4-17-8/h6-8,14H,2-5H2,1H3,(H,11,12,13). The fourth-order valence-electron chi connectivity index (χ4n) is 1.68. The highest BCUT2D eigenvalue weighted by Gasteiger charge is 2.20. The molecule has 1 saturated heterocycles. The molecule has 2 heterocycles. The quantitative estimate of drug-likeness (QED) is 0.782. The minimum Gasteiger partial charge on any atom is -0.377 e. The second kappa shape index (κ2) is 5.59. The summed E-state index contributed by atoms with van der Waals surface area (Å²) in [5, 5.41) is 2.72. The molecule has 8 heteroatoms. The normalized spacial score (nSPS) is 19.9. The zero-order valence-corrected chi connectivity index (χ0v) is 10.9. The molecule has 1 unspecified atom stereocenters. The average molecular weight is 272 g/mol. The molecule has 2 N–H and O–H groups in total. The number of anilines is 1. The summed E-state index contributed by atoms with van der Waals surface area (Å²) in [5.41, 5.74) is 0. The minimum absolute atomic E-state index is 0.0303. The van der Waals surface area contributed by atoms with Crippen LogP contribution >= 0.6 is 0 Å². The van der Waals surface area contributed by atoms with Gasteiger partial charge in [0.1, 0.15) is 4.90 Å². The molecule has 1 aromatic rings. The van der Waals surface area contributed by atoms with Gasteiger partial charge < -0.3 is 10.1 Å². The van der Waals surface area contributed by atoms with Gasteiger partial charge in [0.05, 0.1) is 18.5 Å². The number of ether oxygens (including phenoxy) is 1. The van der Waals surface area contributed by atoms with Crippen molar-refractivity contribution in [3.63, 3.8) is 0 Å². The fourth-order valence-corrected chi connectivity index (χ4v) is 2.63. The minimum atomic E-state index is -3.56. The van der Waals surface area contributed by atoms with Crippen LogP contribution in [0.3, 0.4) is 0 Å². The van der Waals surface area contributed by atoms with Crippen LogP contribution in [0.25, 0.3) is 0 Å². The van der Waals surface area contributed by atoms with Gasteiger partial charge in [-0.05, 0) is 12.8 Å². The van der Waals surface area contributed by atoms with Crippen molar-refractivity contribution in [2.24, 2.45) is 0 Å². The van der Waals surface area contributed by atoms with E-state index in [2.05, 4.69) is 20.0 Å². The molecule has 0 aliphatic carbocycles. The van der Waals surface area contributed by atoms with Crippen LogP contribution in [0.5, 0.6) is 0 Å². The van der Waals surface area contributed by atoms with Crippen molar-refractivity contribution in [1.82, 2.24) is 14.7 Å². The van der Waals surface area contributed by atoms with E-state index in [4.69, 9.17) is 4.74 Å².